The molecule has 0 unspecified atom stereocenters. The molecule has 1 amide bonds. The van der Waals surface area contributed by atoms with E-state index in [1.165, 1.54) is 0 Å². The first-order valence-corrected chi connectivity index (χ1v) is 12.3. The van der Waals surface area contributed by atoms with E-state index in [4.69, 9.17) is 4.74 Å². The van der Waals surface area contributed by atoms with Crippen molar-refractivity contribution in [2.45, 2.75) is 38.3 Å². The van der Waals surface area contributed by atoms with Crippen LogP contribution in [0.2, 0.25) is 0 Å². The molecule has 0 aliphatic carbocycles. The molecule has 0 fully saturated rings. The van der Waals surface area contributed by atoms with Gasteiger partial charge in [-0.05, 0) is 30.9 Å². The maximum Gasteiger partial charge on any atom is 0.324 e. The van der Waals surface area contributed by atoms with Gasteiger partial charge in [0.05, 0.1) is 12.4 Å². The standard InChI is InChI=1S/C23H31N3O5S.Cr/c1-2-31-23(28)21(17-19-12-7-4-8-13-19)26-32(29,30)15-9-14-25-22(27)20(24)16-18-10-5-3-6-11-18;/h3-8,10-13,20-21,26H,2,9,14-17,24H2,1H3,(H,25,27);/p+1/t20-,21-;/m0./s1. The molecule has 2 rings (SSSR count). The number of quaternary nitrogens is 1. The number of sulfonamides is 1. The minimum Gasteiger partial charge on any atom is -0.465 e. The topological polar surface area (TPSA) is 129 Å². The average Bonchev–Trinajstić information content (AvgIpc) is 2.77. The van der Waals surface area contributed by atoms with Crippen molar-refractivity contribution in [2.24, 2.45) is 0 Å². The molecule has 0 bridgehead atoms. The quantitative estimate of drug-likeness (QED) is 0.264. The summed E-state index contributed by atoms with van der Waals surface area (Å²) in [5.74, 6) is -1.07. The van der Waals surface area contributed by atoms with Gasteiger partial charge in [-0.1, -0.05) is 60.7 Å². The zero-order valence-corrected chi connectivity index (χ0v) is 20.8. The van der Waals surface area contributed by atoms with Crippen LogP contribution in [0.5, 0.6) is 0 Å². The second-order valence-corrected chi connectivity index (χ2v) is 9.34. The van der Waals surface area contributed by atoms with Gasteiger partial charge in [0.1, 0.15) is 6.04 Å². The average molecular weight is 515 g/mol. The molecule has 180 valence electrons. The van der Waals surface area contributed by atoms with Crippen LogP contribution >= 0.6 is 0 Å². The van der Waals surface area contributed by atoms with Gasteiger partial charge in [-0.15, -0.1) is 0 Å². The summed E-state index contributed by atoms with van der Waals surface area (Å²) in [6.07, 6.45) is 0.908. The third-order valence-corrected chi connectivity index (χ3v) is 6.23. The summed E-state index contributed by atoms with van der Waals surface area (Å²) in [4.78, 5) is 24.5. The minimum absolute atomic E-state index is 0. The van der Waals surface area contributed by atoms with E-state index in [9.17, 15) is 18.0 Å². The van der Waals surface area contributed by atoms with Gasteiger partial charge in [0.25, 0.3) is 5.91 Å². The van der Waals surface area contributed by atoms with E-state index in [1.807, 2.05) is 60.7 Å². The molecule has 10 heteroatoms. The van der Waals surface area contributed by atoms with Gasteiger partial charge in [-0.25, -0.2) is 13.1 Å². The Balaban J connectivity index is 0.00000544. The molecule has 8 nitrogen and oxygen atoms in total. The van der Waals surface area contributed by atoms with E-state index in [0.717, 1.165) is 11.1 Å². The molecule has 0 saturated carbocycles. The molecule has 0 aliphatic rings. The Morgan fingerprint density at radius 2 is 1.52 bits per heavy atom. The van der Waals surface area contributed by atoms with Gasteiger partial charge in [0, 0.05) is 30.3 Å². The zero-order valence-electron chi connectivity index (χ0n) is 18.7. The second-order valence-electron chi connectivity index (χ2n) is 7.46. The SMILES string of the molecule is CCOC(=O)[C@H](Cc1ccccc1)NS(=O)(=O)CCCNC(=O)[C@@H]([NH3+])Cc1ccccc1.[Cr]. The summed E-state index contributed by atoms with van der Waals surface area (Å²) in [6, 6.07) is 17.2. The van der Waals surface area contributed by atoms with Crippen LogP contribution in [0.1, 0.15) is 24.5 Å². The summed E-state index contributed by atoms with van der Waals surface area (Å²) in [5, 5.41) is 2.73. The molecule has 5 N–H and O–H groups in total. The Labute approximate surface area is 206 Å². The largest absolute Gasteiger partial charge is 0.465 e. The molecular weight excluding hydrogens is 482 g/mol. The number of hydrogen-bond donors (Lipinski definition) is 3. The summed E-state index contributed by atoms with van der Waals surface area (Å²) < 4.78 is 32.5. The van der Waals surface area contributed by atoms with Crippen LogP contribution < -0.4 is 15.8 Å². The maximum atomic E-state index is 12.5. The number of nitrogens with one attached hydrogen (secondary N) is 2. The summed E-state index contributed by atoms with van der Waals surface area (Å²) in [6.45, 7) is 2.03. The molecule has 0 aliphatic heterocycles. The number of carbonyl (C=O) groups excluding carboxylic acids is 2. The molecule has 2 aromatic carbocycles. The van der Waals surface area contributed by atoms with E-state index in [1.54, 1.807) is 6.92 Å². The Morgan fingerprint density at radius 1 is 0.970 bits per heavy atom. The Hall–Kier alpha value is -2.22. The fourth-order valence-electron chi connectivity index (χ4n) is 3.15. The van der Waals surface area contributed by atoms with Crippen LogP contribution in [0.25, 0.3) is 0 Å². The van der Waals surface area contributed by atoms with Crippen LogP contribution in [0.15, 0.2) is 60.7 Å². The molecule has 0 saturated heterocycles. The molecule has 0 spiro atoms. The third-order valence-electron chi connectivity index (χ3n) is 4.76. The number of benzene rings is 2. The minimum atomic E-state index is -3.75. The van der Waals surface area contributed by atoms with Crippen LogP contribution in [-0.2, 0) is 54.6 Å². The van der Waals surface area contributed by atoms with Gasteiger partial charge < -0.3 is 15.8 Å². The summed E-state index contributed by atoms with van der Waals surface area (Å²) in [5.41, 5.74) is 5.71. The first kappa shape index (κ1) is 28.8. The predicted molar refractivity (Wildman–Crippen MR) is 122 cm³/mol. The van der Waals surface area contributed by atoms with Crippen LogP contribution in [0, 0.1) is 0 Å². The van der Waals surface area contributed by atoms with Crippen molar-refractivity contribution in [3.63, 3.8) is 0 Å². The normalized spacial score (nSPS) is 12.8. The molecule has 0 heterocycles. The fourth-order valence-corrected chi connectivity index (χ4v) is 4.41. The predicted octanol–water partition coefficient (Wildman–Crippen LogP) is 0.437. The molecule has 2 aromatic rings. The van der Waals surface area contributed by atoms with E-state index in [-0.39, 0.29) is 55.0 Å². The second kappa shape index (κ2) is 14.8. The Kier molecular flexibility index (Phi) is 13.0. The van der Waals surface area contributed by atoms with Crippen molar-refractivity contribution in [2.75, 3.05) is 18.9 Å². The van der Waals surface area contributed by atoms with E-state index >= 15 is 0 Å². The Morgan fingerprint density at radius 3 is 2.06 bits per heavy atom. The Bertz CT molecular complexity index is 959. The van der Waals surface area contributed by atoms with Crippen LogP contribution in [0.4, 0.5) is 0 Å². The first-order chi connectivity index (χ1) is 15.3. The maximum absolute atomic E-state index is 12.5. The number of hydrogen-bond acceptors (Lipinski definition) is 5. The van der Waals surface area contributed by atoms with Crippen molar-refractivity contribution < 1.29 is 45.8 Å². The van der Waals surface area contributed by atoms with Crippen molar-refractivity contribution in [1.29, 1.82) is 0 Å². The summed E-state index contributed by atoms with van der Waals surface area (Å²) in [7, 11) is -3.75. The van der Waals surface area contributed by atoms with Gasteiger partial charge >= 0.3 is 5.97 Å². The molecule has 33 heavy (non-hydrogen) atoms. The number of carbonyl (C=O) groups is 2. The van der Waals surface area contributed by atoms with Crippen molar-refractivity contribution >= 4 is 21.9 Å². The van der Waals surface area contributed by atoms with Crippen LogP contribution in [-0.4, -0.2) is 51.3 Å². The molecule has 2 atom stereocenters. The third kappa shape index (κ3) is 11.0. The monoisotopic (exact) mass is 514 g/mol. The zero-order chi connectivity index (χ0) is 23.4. The van der Waals surface area contributed by atoms with Gasteiger partial charge in [0.2, 0.25) is 10.0 Å². The number of ether oxygens (including phenoxy) is 1. The molecular formula is C23H32CrN3O5S+. The van der Waals surface area contributed by atoms with Crippen molar-refractivity contribution in [1.82, 2.24) is 10.0 Å². The van der Waals surface area contributed by atoms with Crippen molar-refractivity contribution in [3.8, 4) is 0 Å². The number of rotatable bonds is 13. The smallest absolute Gasteiger partial charge is 0.324 e. The van der Waals surface area contributed by atoms with Gasteiger partial charge in [-0.3, -0.25) is 9.59 Å². The van der Waals surface area contributed by atoms with Gasteiger partial charge in [0.15, 0.2) is 6.04 Å². The van der Waals surface area contributed by atoms with E-state index in [2.05, 4.69) is 15.8 Å². The molecule has 0 aromatic heterocycles. The van der Waals surface area contributed by atoms with E-state index < -0.39 is 28.1 Å². The van der Waals surface area contributed by atoms with Crippen molar-refractivity contribution in [3.05, 3.63) is 71.8 Å². The van der Waals surface area contributed by atoms with E-state index in [0.29, 0.717) is 6.42 Å². The summed E-state index contributed by atoms with van der Waals surface area (Å²) >= 11 is 0. The number of amides is 1. The van der Waals surface area contributed by atoms with Crippen LogP contribution in [0.3, 0.4) is 0 Å². The van der Waals surface area contributed by atoms with Gasteiger partial charge in [-0.2, -0.15) is 0 Å². The first-order valence-electron chi connectivity index (χ1n) is 10.7. The fraction of sp³-hybridized carbons (Fsp3) is 0.391. The number of esters is 1. The molecule has 0 radical (unpaired) electrons.